The van der Waals surface area contributed by atoms with Gasteiger partial charge in [0.1, 0.15) is 0 Å². The van der Waals surface area contributed by atoms with Crippen molar-refractivity contribution in [1.29, 1.82) is 0 Å². The molecule has 0 saturated carbocycles. The molecule has 0 N–H and O–H groups in total. The zero-order chi connectivity index (χ0) is 37.3. The summed E-state index contributed by atoms with van der Waals surface area (Å²) in [5, 5.41) is 4.85. The number of rotatable bonds is 7. The fourth-order valence-corrected chi connectivity index (χ4v) is 7.72. The summed E-state index contributed by atoms with van der Waals surface area (Å²) in [6.07, 6.45) is 3.72. The second-order valence-corrected chi connectivity index (χ2v) is 14.1. The van der Waals surface area contributed by atoms with Gasteiger partial charge in [0.05, 0.1) is 11.4 Å². The van der Waals surface area contributed by atoms with Crippen LogP contribution in [0.1, 0.15) is 0 Å². The second kappa shape index (κ2) is 14.4. The van der Waals surface area contributed by atoms with Crippen LogP contribution in [0.2, 0.25) is 0 Å². The minimum Gasteiger partial charge on any atom is -0.264 e. The summed E-state index contributed by atoms with van der Waals surface area (Å²) in [5.74, 6) is 0.689. The molecule has 0 fully saturated rings. The Hall–Kier alpha value is -7.49. The fourth-order valence-electron chi connectivity index (χ4n) is 7.72. The van der Waals surface area contributed by atoms with Gasteiger partial charge >= 0.3 is 0 Å². The molecule has 0 aliphatic rings. The van der Waals surface area contributed by atoms with Crippen molar-refractivity contribution in [2.24, 2.45) is 0 Å². The predicted molar refractivity (Wildman–Crippen MR) is 233 cm³/mol. The summed E-state index contributed by atoms with van der Waals surface area (Å²) in [6.45, 7) is 0. The molecule has 2 heterocycles. The molecule has 8 aromatic carbocycles. The highest BCUT2D eigenvalue weighted by molar-refractivity contribution is 6.13. The van der Waals surface area contributed by atoms with Gasteiger partial charge in [-0.3, -0.25) is 4.98 Å². The summed E-state index contributed by atoms with van der Waals surface area (Å²) in [7, 11) is 0. The maximum atomic E-state index is 5.29. The summed E-state index contributed by atoms with van der Waals surface area (Å²) < 4.78 is 0. The maximum absolute atomic E-state index is 5.29. The van der Waals surface area contributed by atoms with Crippen molar-refractivity contribution in [3.05, 3.63) is 213 Å². The lowest BCUT2D eigenvalue weighted by Gasteiger charge is -2.16. The topological polar surface area (TPSA) is 38.7 Å². The Kier molecular flexibility index (Phi) is 8.51. The van der Waals surface area contributed by atoms with Crippen LogP contribution in [0.3, 0.4) is 0 Å². The molecule has 0 amide bonds. The molecule has 0 unspecified atom stereocenters. The molecule has 262 valence electrons. The van der Waals surface area contributed by atoms with Crippen molar-refractivity contribution < 1.29 is 0 Å². The first-order valence-electron chi connectivity index (χ1n) is 18.9. The first-order chi connectivity index (χ1) is 27.7. The van der Waals surface area contributed by atoms with Crippen molar-refractivity contribution in [3.8, 4) is 78.4 Å². The third-order valence-electron chi connectivity index (χ3n) is 10.5. The van der Waals surface area contributed by atoms with Crippen LogP contribution in [0.25, 0.3) is 100.0 Å². The average molecular weight is 714 g/mol. The minimum atomic E-state index is 0.689. The fraction of sp³-hybridized carbons (Fsp3) is 0. The van der Waals surface area contributed by atoms with Gasteiger partial charge in [-0.1, -0.05) is 164 Å². The lowest BCUT2D eigenvalue weighted by Crippen LogP contribution is -1.97. The van der Waals surface area contributed by atoms with Gasteiger partial charge in [-0.05, 0) is 102 Å². The van der Waals surface area contributed by atoms with E-state index in [0.717, 1.165) is 55.9 Å². The molecule has 0 radical (unpaired) electrons. The number of nitrogens with zero attached hydrogens (tertiary/aromatic N) is 3. The Morgan fingerprint density at radius 1 is 0.286 bits per heavy atom. The molecule has 10 aromatic rings. The highest BCUT2D eigenvalue weighted by Crippen LogP contribution is 2.41. The average Bonchev–Trinajstić information content (AvgIpc) is 3.29. The van der Waals surface area contributed by atoms with Crippen molar-refractivity contribution in [3.63, 3.8) is 0 Å². The Labute approximate surface area is 326 Å². The summed E-state index contributed by atoms with van der Waals surface area (Å²) in [4.78, 5) is 14.8. The standard InChI is InChI=1S/C53H35N3/c1-3-12-36(13-4-1)37-25-27-40(28-26-37)50-34-51(56-53(55-50)41-14-5-2-6-15-41)46-31-45(39-23-21-38(22-24-39)44-18-11-29-54-35-44)32-47(33-46)52-48-19-9-7-16-42(48)30-43-17-8-10-20-49(43)52/h1-35H. The van der Waals surface area contributed by atoms with Gasteiger partial charge in [-0.25, -0.2) is 9.97 Å². The molecular formula is C53H35N3. The highest BCUT2D eigenvalue weighted by atomic mass is 14.9. The van der Waals surface area contributed by atoms with Gasteiger partial charge in [0.25, 0.3) is 0 Å². The van der Waals surface area contributed by atoms with Crippen LogP contribution in [0.5, 0.6) is 0 Å². The summed E-state index contributed by atoms with van der Waals surface area (Å²) >= 11 is 0. The monoisotopic (exact) mass is 713 g/mol. The minimum absolute atomic E-state index is 0.689. The molecular weight excluding hydrogens is 679 g/mol. The number of aromatic nitrogens is 3. The van der Waals surface area contributed by atoms with E-state index in [1.54, 1.807) is 0 Å². The van der Waals surface area contributed by atoms with E-state index in [1.165, 1.54) is 38.2 Å². The highest BCUT2D eigenvalue weighted by Gasteiger charge is 2.17. The first-order valence-corrected chi connectivity index (χ1v) is 18.9. The molecule has 2 aromatic heterocycles. The van der Waals surface area contributed by atoms with Crippen LogP contribution >= 0.6 is 0 Å². The number of fused-ring (bicyclic) bond motifs is 2. The predicted octanol–water partition coefficient (Wildman–Crippen LogP) is 13.8. The van der Waals surface area contributed by atoms with E-state index in [4.69, 9.17) is 9.97 Å². The lowest BCUT2D eigenvalue weighted by molar-refractivity contribution is 1.18. The van der Waals surface area contributed by atoms with Crippen molar-refractivity contribution >= 4 is 21.5 Å². The Bertz CT molecular complexity index is 2920. The van der Waals surface area contributed by atoms with E-state index < -0.39 is 0 Å². The molecule has 0 saturated heterocycles. The molecule has 0 spiro atoms. The van der Waals surface area contributed by atoms with Gasteiger partial charge in [0.15, 0.2) is 5.82 Å². The number of hydrogen-bond acceptors (Lipinski definition) is 3. The Balaban J connectivity index is 1.19. The van der Waals surface area contributed by atoms with Gasteiger partial charge in [0.2, 0.25) is 0 Å². The van der Waals surface area contributed by atoms with Crippen LogP contribution in [0.4, 0.5) is 0 Å². The number of pyridine rings is 1. The van der Waals surface area contributed by atoms with Crippen LogP contribution in [0.15, 0.2) is 213 Å². The van der Waals surface area contributed by atoms with E-state index in [2.05, 4.69) is 175 Å². The van der Waals surface area contributed by atoms with Crippen LogP contribution in [-0.2, 0) is 0 Å². The molecule has 0 bridgehead atoms. The van der Waals surface area contributed by atoms with Crippen molar-refractivity contribution in [2.45, 2.75) is 0 Å². The molecule has 0 atom stereocenters. The zero-order valence-corrected chi connectivity index (χ0v) is 30.5. The van der Waals surface area contributed by atoms with Crippen LogP contribution < -0.4 is 0 Å². The third-order valence-corrected chi connectivity index (χ3v) is 10.5. The molecule has 10 rings (SSSR count). The van der Waals surface area contributed by atoms with Crippen LogP contribution in [-0.4, -0.2) is 15.0 Å². The Morgan fingerprint density at radius 2 is 0.750 bits per heavy atom. The maximum Gasteiger partial charge on any atom is 0.160 e. The van der Waals surface area contributed by atoms with E-state index in [0.29, 0.717) is 5.82 Å². The molecule has 0 aliphatic carbocycles. The van der Waals surface area contributed by atoms with Crippen molar-refractivity contribution in [1.82, 2.24) is 15.0 Å². The van der Waals surface area contributed by atoms with Gasteiger partial charge in [-0.15, -0.1) is 0 Å². The molecule has 3 heteroatoms. The van der Waals surface area contributed by atoms with Crippen LogP contribution in [0, 0.1) is 0 Å². The molecule has 56 heavy (non-hydrogen) atoms. The molecule has 3 nitrogen and oxygen atoms in total. The SMILES string of the molecule is c1ccc(-c2ccc(-c3cc(-c4cc(-c5ccc(-c6cccnc6)cc5)cc(-c5c6ccccc6cc6ccccc56)c4)nc(-c4ccccc4)n3)cc2)cc1. The molecule has 0 aliphatic heterocycles. The Morgan fingerprint density at radius 3 is 1.38 bits per heavy atom. The lowest BCUT2D eigenvalue weighted by atomic mass is 9.88. The van der Waals surface area contributed by atoms with E-state index in [1.807, 2.05) is 42.7 Å². The van der Waals surface area contributed by atoms with Gasteiger partial charge in [0, 0.05) is 29.1 Å². The number of benzene rings is 8. The van der Waals surface area contributed by atoms with E-state index >= 15 is 0 Å². The first kappa shape index (κ1) is 33.1. The smallest absolute Gasteiger partial charge is 0.160 e. The quantitative estimate of drug-likeness (QED) is 0.154. The van der Waals surface area contributed by atoms with Crippen molar-refractivity contribution in [2.75, 3.05) is 0 Å². The van der Waals surface area contributed by atoms with Gasteiger partial charge in [-0.2, -0.15) is 0 Å². The van der Waals surface area contributed by atoms with Gasteiger partial charge < -0.3 is 0 Å². The summed E-state index contributed by atoms with van der Waals surface area (Å²) in [5.41, 5.74) is 13.9. The van der Waals surface area contributed by atoms with E-state index in [-0.39, 0.29) is 0 Å². The number of hydrogen-bond donors (Lipinski definition) is 0. The van der Waals surface area contributed by atoms with E-state index in [9.17, 15) is 0 Å². The third kappa shape index (κ3) is 6.42. The largest absolute Gasteiger partial charge is 0.264 e. The summed E-state index contributed by atoms with van der Waals surface area (Å²) in [6, 6.07) is 71.0. The normalized spacial score (nSPS) is 11.2. The zero-order valence-electron chi connectivity index (χ0n) is 30.5. The second-order valence-electron chi connectivity index (χ2n) is 14.1.